The maximum absolute atomic E-state index is 12.5. The Balaban J connectivity index is 1.37. The number of benzene rings is 2. The largest absolute Gasteiger partial charge is 0.399 e. The zero-order valence-electron chi connectivity index (χ0n) is 15.4. The number of nitrogens with one attached hydrogen (secondary N) is 1. The summed E-state index contributed by atoms with van der Waals surface area (Å²) in [5.41, 5.74) is 9.41. The fourth-order valence-electron chi connectivity index (χ4n) is 2.95. The van der Waals surface area contributed by atoms with Crippen LogP contribution in [0.2, 0.25) is 0 Å². The number of rotatable bonds is 5. The molecule has 29 heavy (non-hydrogen) atoms. The number of nitrogens with two attached hydrogens (primary N) is 1. The third-order valence-electron chi connectivity index (χ3n) is 4.54. The highest BCUT2D eigenvalue weighted by molar-refractivity contribution is 6.09. The lowest BCUT2D eigenvalue weighted by atomic mass is 10.0. The summed E-state index contributed by atoms with van der Waals surface area (Å²) in [5, 5.41) is 6.78. The van der Waals surface area contributed by atoms with Crippen LogP contribution in [0.15, 0.2) is 78.2 Å². The van der Waals surface area contributed by atoms with Crippen LogP contribution in [0.3, 0.4) is 0 Å². The van der Waals surface area contributed by atoms with E-state index in [2.05, 4.69) is 15.5 Å². The number of pyridine rings is 1. The van der Waals surface area contributed by atoms with E-state index in [1.807, 2.05) is 6.07 Å². The number of aromatic nitrogens is 1. The third kappa shape index (κ3) is 4.14. The first-order chi connectivity index (χ1) is 14.1. The van der Waals surface area contributed by atoms with Gasteiger partial charge in [0.15, 0.2) is 5.78 Å². The molecule has 3 aromatic rings. The lowest BCUT2D eigenvalue weighted by Gasteiger charge is -2.10. The van der Waals surface area contributed by atoms with Gasteiger partial charge in [-0.1, -0.05) is 5.16 Å². The Labute approximate surface area is 167 Å². The molecule has 0 spiro atoms. The highest BCUT2D eigenvalue weighted by Gasteiger charge is 2.29. The molecule has 7 heteroatoms. The zero-order chi connectivity index (χ0) is 20.2. The molecule has 144 valence electrons. The van der Waals surface area contributed by atoms with Crippen LogP contribution in [0, 0.1) is 0 Å². The molecule has 0 saturated heterocycles. The molecule has 3 N–H and O–H groups in total. The molecule has 1 atom stereocenters. The van der Waals surface area contributed by atoms with Crippen LogP contribution in [0.25, 0.3) is 0 Å². The number of carbonyl (C=O) groups excluding carboxylic acids is 2. The second-order valence-electron chi connectivity index (χ2n) is 6.60. The van der Waals surface area contributed by atoms with Crippen molar-refractivity contribution in [2.75, 3.05) is 11.1 Å². The Morgan fingerprint density at radius 3 is 2.34 bits per heavy atom. The molecule has 0 bridgehead atoms. The minimum absolute atomic E-state index is 0.114. The standard InChI is InChI=1S/C22H18N4O3/c23-17-7-3-14(4-8-17)21(27)15-5-9-18(10-6-15)25-22(28)20-12-19(26-29-20)16-2-1-11-24-13-16/h1-11,13,20H,12,23H2,(H,25,28). The fraction of sp³-hybridized carbons (Fsp3) is 0.0909. The van der Waals surface area contributed by atoms with Crippen molar-refractivity contribution >= 4 is 28.8 Å². The monoisotopic (exact) mass is 386 g/mol. The Kier molecular flexibility index (Phi) is 5.03. The number of nitrogen functional groups attached to an aromatic ring is 1. The molecular formula is C22H18N4O3. The number of hydrogen-bond acceptors (Lipinski definition) is 6. The number of carbonyl (C=O) groups is 2. The molecule has 1 unspecified atom stereocenters. The first kappa shape index (κ1) is 18.4. The van der Waals surface area contributed by atoms with Gasteiger partial charge in [-0.15, -0.1) is 0 Å². The summed E-state index contributed by atoms with van der Waals surface area (Å²) in [4.78, 5) is 34.3. The summed E-state index contributed by atoms with van der Waals surface area (Å²) in [6.45, 7) is 0. The predicted molar refractivity (Wildman–Crippen MR) is 110 cm³/mol. The van der Waals surface area contributed by atoms with Crippen LogP contribution in [-0.2, 0) is 9.63 Å². The van der Waals surface area contributed by atoms with Crippen LogP contribution >= 0.6 is 0 Å². The van der Waals surface area contributed by atoms with Gasteiger partial charge in [0.1, 0.15) is 0 Å². The summed E-state index contributed by atoms with van der Waals surface area (Å²) >= 11 is 0. The van der Waals surface area contributed by atoms with Gasteiger partial charge in [0.2, 0.25) is 6.10 Å². The van der Waals surface area contributed by atoms with Crippen LogP contribution in [-0.4, -0.2) is 28.5 Å². The normalized spacial score (nSPS) is 15.3. The first-order valence-electron chi connectivity index (χ1n) is 9.04. The SMILES string of the molecule is Nc1ccc(C(=O)c2ccc(NC(=O)C3CC(c4cccnc4)=NO3)cc2)cc1. The number of nitrogens with zero attached hydrogens (tertiary/aromatic N) is 2. The van der Waals surface area contributed by atoms with Gasteiger partial charge in [0.05, 0.1) is 5.71 Å². The van der Waals surface area contributed by atoms with Gasteiger partial charge in [-0.05, 0) is 60.7 Å². The molecule has 2 heterocycles. The summed E-state index contributed by atoms with van der Waals surface area (Å²) in [6, 6.07) is 17.1. The van der Waals surface area contributed by atoms with Crippen molar-refractivity contribution in [3.8, 4) is 0 Å². The van der Waals surface area contributed by atoms with E-state index in [9.17, 15) is 9.59 Å². The van der Waals surface area contributed by atoms with E-state index in [0.717, 1.165) is 5.56 Å². The van der Waals surface area contributed by atoms with Crippen molar-refractivity contribution in [2.24, 2.45) is 5.16 Å². The van der Waals surface area contributed by atoms with E-state index in [4.69, 9.17) is 10.6 Å². The fourth-order valence-corrected chi connectivity index (χ4v) is 2.95. The minimum Gasteiger partial charge on any atom is -0.399 e. The number of ketones is 1. The summed E-state index contributed by atoms with van der Waals surface area (Å²) in [7, 11) is 0. The summed E-state index contributed by atoms with van der Waals surface area (Å²) in [5.74, 6) is -0.415. The Morgan fingerprint density at radius 1 is 1.00 bits per heavy atom. The molecule has 1 aromatic heterocycles. The van der Waals surface area contributed by atoms with Crippen molar-refractivity contribution in [3.63, 3.8) is 0 Å². The molecule has 0 aliphatic carbocycles. The van der Waals surface area contributed by atoms with Crippen molar-refractivity contribution in [1.29, 1.82) is 0 Å². The lowest BCUT2D eigenvalue weighted by molar-refractivity contribution is -0.125. The number of hydrogen-bond donors (Lipinski definition) is 2. The molecule has 2 aromatic carbocycles. The van der Waals surface area contributed by atoms with E-state index in [1.165, 1.54) is 0 Å². The van der Waals surface area contributed by atoms with E-state index in [-0.39, 0.29) is 11.7 Å². The number of oxime groups is 1. The Morgan fingerprint density at radius 2 is 1.69 bits per heavy atom. The van der Waals surface area contributed by atoms with E-state index >= 15 is 0 Å². The van der Waals surface area contributed by atoms with Crippen molar-refractivity contribution in [3.05, 3.63) is 89.7 Å². The van der Waals surface area contributed by atoms with E-state index in [1.54, 1.807) is 67.0 Å². The van der Waals surface area contributed by atoms with Gasteiger partial charge in [0.25, 0.3) is 5.91 Å². The summed E-state index contributed by atoms with van der Waals surface area (Å²) < 4.78 is 0. The average Bonchev–Trinajstić information content (AvgIpc) is 3.26. The van der Waals surface area contributed by atoms with Gasteiger partial charge in [-0.2, -0.15) is 0 Å². The second kappa shape index (κ2) is 7.93. The molecule has 0 radical (unpaired) electrons. The van der Waals surface area contributed by atoms with Gasteiger partial charge in [-0.3, -0.25) is 14.6 Å². The first-order valence-corrected chi connectivity index (χ1v) is 9.04. The highest BCUT2D eigenvalue weighted by atomic mass is 16.6. The Bertz CT molecular complexity index is 1060. The Hall–Kier alpha value is -4.00. The molecule has 1 aliphatic rings. The van der Waals surface area contributed by atoms with E-state index in [0.29, 0.717) is 34.6 Å². The maximum Gasteiger partial charge on any atom is 0.268 e. The van der Waals surface area contributed by atoms with Gasteiger partial charge in [0, 0.05) is 46.9 Å². The van der Waals surface area contributed by atoms with Crippen LogP contribution < -0.4 is 11.1 Å². The highest BCUT2D eigenvalue weighted by Crippen LogP contribution is 2.19. The average molecular weight is 386 g/mol. The summed E-state index contributed by atoms with van der Waals surface area (Å²) in [6.07, 6.45) is 3.01. The third-order valence-corrected chi connectivity index (χ3v) is 4.54. The van der Waals surface area contributed by atoms with Crippen LogP contribution in [0.1, 0.15) is 27.9 Å². The van der Waals surface area contributed by atoms with Crippen molar-refractivity contribution in [1.82, 2.24) is 4.98 Å². The predicted octanol–water partition coefficient (Wildman–Crippen LogP) is 3.03. The maximum atomic E-state index is 12.5. The quantitative estimate of drug-likeness (QED) is 0.518. The number of amides is 1. The van der Waals surface area contributed by atoms with Crippen molar-refractivity contribution < 1.29 is 14.4 Å². The van der Waals surface area contributed by atoms with Gasteiger partial charge >= 0.3 is 0 Å². The molecule has 1 aliphatic heterocycles. The lowest BCUT2D eigenvalue weighted by Crippen LogP contribution is -2.28. The second-order valence-corrected chi connectivity index (χ2v) is 6.60. The smallest absolute Gasteiger partial charge is 0.268 e. The molecule has 0 fully saturated rings. The molecule has 7 nitrogen and oxygen atoms in total. The van der Waals surface area contributed by atoms with E-state index < -0.39 is 6.10 Å². The zero-order valence-corrected chi connectivity index (χ0v) is 15.4. The minimum atomic E-state index is -0.707. The van der Waals surface area contributed by atoms with Gasteiger partial charge in [-0.25, -0.2) is 0 Å². The molecular weight excluding hydrogens is 368 g/mol. The number of anilines is 2. The van der Waals surface area contributed by atoms with Crippen LogP contribution in [0.5, 0.6) is 0 Å². The molecule has 1 amide bonds. The topological polar surface area (TPSA) is 107 Å². The van der Waals surface area contributed by atoms with Crippen molar-refractivity contribution in [2.45, 2.75) is 12.5 Å². The van der Waals surface area contributed by atoms with Crippen LogP contribution in [0.4, 0.5) is 11.4 Å². The molecule has 0 saturated carbocycles. The van der Waals surface area contributed by atoms with Gasteiger partial charge < -0.3 is 15.9 Å². The molecule has 4 rings (SSSR count).